The number of hydrogen-bond acceptors (Lipinski definition) is 7. The Balaban J connectivity index is 2.41. The lowest BCUT2D eigenvalue weighted by molar-refractivity contribution is -0.384. The Kier molecular flexibility index (Phi) is 5.99. The van der Waals surface area contributed by atoms with Gasteiger partial charge >= 0.3 is 11.9 Å². The summed E-state index contributed by atoms with van der Waals surface area (Å²) in [6.07, 6.45) is -0.112. The van der Waals surface area contributed by atoms with E-state index < -0.39 is 16.9 Å². The van der Waals surface area contributed by atoms with Crippen LogP contribution in [-0.4, -0.2) is 35.8 Å². The van der Waals surface area contributed by atoms with Crippen LogP contribution in [0, 0.1) is 15.5 Å². The highest BCUT2D eigenvalue weighted by Gasteiger charge is 2.12. The van der Waals surface area contributed by atoms with Crippen molar-refractivity contribution in [2.45, 2.75) is 13.3 Å². The molecule has 0 amide bonds. The normalized spacial score (nSPS) is 9.76. The summed E-state index contributed by atoms with van der Waals surface area (Å²) in [4.78, 5) is 32.7. The van der Waals surface area contributed by atoms with E-state index in [2.05, 4.69) is 0 Å². The van der Waals surface area contributed by atoms with E-state index in [0.717, 1.165) is 6.07 Å². The van der Waals surface area contributed by atoms with Crippen molar-refractivity contribution in [2.24, 2.45) is 0 Å². The van der Waals surface area contributed by atoms with Crippen LogP contribution in [0.2, 0.25) is 0 Å². The molecule has 0 fully saturated rings. The molecule has 0 saturated heterocycles. The summed E-state index contributed by atoms with van der Waals surface area (Å²) in [6.45, 7) is 1.18. The lowest BCUT2D eigenvalue weighted by Crippen LogP contribution is -2.15. The van der Waals surface area contributed by atoms with Gasteiger partial charge in [0.1, 0.15) is 13.2 Å². The minimum atomic E-state index is -0.738. The van der Waals surface area contributed by atoms with Crippen LogP contribution in [0.25, 0.3) is 0 Å². The van der Waals surface area contributed by atoms with Crippen LogP contribution in [-0.2, 0) is 14.3 Å². The maximum atomic E-state index is 11.6. The number of nitrogens with one attached hydrogen (secondary N) is 1. The fraction of sp³-hybridized carbons (Fsp3) is 0.308. The topological polar surface area (TPSA) is 120 Å². The number of rotatable bonds is 7. The minimum absolute atomic E-state index is 0.0471. The molecule has 0 spiro atoms. The van der Waals surface area contributed by atoms with Crippen molar-refractivity contribution < 1.29 is 24.0 Å². The van der Waals surface area contributed by atoms with E-state index in [1.54, 1.807) is 0 Å². The van der Waals surface area contributed by atoms with Crippen LogP contribution in [0.4, 0.5) is 5.69 Å². The zero-order valence-corrected chi connectivity index (χ0v) is 11.3. The first kappa shape index (κ1) is 16.3. The van der Waals surface area contributed by atoms with Gasteiger partial charge in [-0.1, -0.05) is 6.07 Å². The molecule has 1 rings (SSSR count). The van der Waals surface area contributed by atoms with Gasteiger partial charge in [-0.2, -0.15) is 0 Å². The Hall–Kier alpha value is -2.77. The number of nitro groups is 1. The molecular formula is C13H14N2O6. The average Bonchev–Trinajstić information content (AvgIpc) is 2.42. The van der Waals surface area contributed by atoms with Crippen molar-refractivity contribution >= 4 is 23.3 Å². The first-order valence-electron chi connectivity index (χ1n) is 6.01. The Morgan fingerprint density at radius 1 is 1.29 bits per heavy atom. The van der Waals surface area contributed by atoms with Crippen molar-refractivity contribution in [3.8, 4) is 0 Å². The van der Waals surface area contributed by atoms with E-state index >= 15 is 0 Å². The van der Waals surface area contributed by atoms with Gasteiger partial charge in [0.2, 0.25) is 0 Å². The van der Waals surface area contributed by atoms with Crippen LogP contribution in [0.5, 0.6) is 0 Å². The summed E-state index contributed by atoms with van der Waals surface area (Å²) < 4.78 is 9.56. The zero-order valence-electron chi connectivity index (χ0n) is 11.3. The van der Waals surface area contributed by atoms with Gasteiger partial charge in [-0.15, -0.1) is 0 Å². The summed E-state index contributed by atoms with van der Waals surface area (Å²) in [5.41, 5.74) is 0.0109. The van der Waals surface area contributed by atoms with Crippen molar-refractivity contribution in [1.29, 1.82) is 5.41 Å². The quantitative estimate of drug-likeness (QED) is 0.269. The first-order valence-corrected chi connectivity index (χ1v) is 6.01. The van der Waals surface area contributed by atoms with E-state index in [-0.39, 0.29) is 36.6 Å². The largest absolute Gasteiger partial charge is 0.462 e. The lowest BCUT2D eigenvalue weighted by atomic mass is 10.2. The number of nitro benzene ring substituents is 1. The Morgan fingerprint density at radius 3 is 2.57 bits per heavy atom. The van der Waals surface area contributed by atoms with Gasteiger partial charge < -0.3 is 14.9 Å². The van der Waals surface area contributed by atoms with Crippen molar-refractivity contribution in [3.05, 3.63) is 39.9 Å². The van der Waals surface area contributed by atoms with E-state index in [0.29, 0.717) is 0 Å². The third-order valence-electron chi connectivity index (χ3n) is 2.28. The third kappa shape index (κ3) is 5.81. The number of nitrogens with zero attached hydrogens (tertiary/aromatic N) is 1. The standard InChI is InChI=1S/C13H14N2O6/c1-9(14)7-12(16)20-5-6-21-13(17)10-3-2-4-11(8-10)15(18)19/h2-4,8,14H,5-7H2,1H3. The predicted octanol–water partition coefficient (Wildman–Crippen LogP) is 1.72. The van der Waals surface area contributed by atoms with Gasteiger partial charge in [0, 0.05) is 17.8 Å². The Morgan fingerprint density at radius 2 is 1.95 bits per heavy atom. The van der Waals surface area contributed by atoms with Gasteiger partial charge in [-0.3, -0.25) is 14.9 Å². The van der Waals surface area contributed by atoms with E-state index in [4.69, 9.17) is 14.9 Å². The lowest BCUT2D eigenvalue weighted by Gasteiger charge is -2.06. The summed E-state index contributed by atoms with van der Waals surface area (Å²) in [6, 6.07) is 5.13. The second-order valence-electron chi connectivity index (χ2n) is 4.12. The van der Waals surface area contributed by atoms with Crippen molar-refractivity contribution in [2.75, 3.05) is 13.2 Å². The third-order valence-corrected chi connectivity index (χ3v) is 2.28. The minimum Gasteiger partial charge on any atom is -0.462 e. The zero-order chi connectivity index (χ0) is 15.8. The van der Waals surface area contributed by atoms with Crippen LogP contribution in [0.3, 0.4) is 0 Å². The monoisotopic (exact) mass is 294 g/mol. The van der Waals surface area contributed by atoms with E-state index in [1.807, 2.05) is 0 Å². The number of carbonyl (C=O) groups excluding carboxylic acids is 2. The number of ether oxygens (including phenoxy) is 2. The van der Waals surface area contributed by atoms with Gasteiger partial charge in [-0.05, 0) is 13.0 Å². The van der Waals surface area contributed by atoms with Gasteiger partial charge in [-0.25, -0.2) is 4.79 Å². The smallest absolute Gasteiger partial charge is 0.338 e. The molecule has 0 aliphatic rings. The highest BCUT2D eigenvalue weighted by atomic mass is 16.6. The molecule has 0 atom stereocenters. The fourth-order valence-corrected chi connectivity index (χ4v) is 1.39. The number of non-ortho nitro benzene ring substituents is 1. The first-order chi connectivity index (χ1) is 9.90. The number of hydrogen-bond donors (Lipinski definition) is 1. The van der Waals surface area contributed by atoms with Gasteiger partial charge in [0.25, 0.3) is 5.69 Å². The molecule has 0 aliphatic heterocycles. The Bertz CT molecular complexity index is 570. The van der Waals surface area contributed by atoms with E-state index in [9.17, 15) is 19.7 Å². The molecule has 21 heavy (non-hydrogen) atoms. The van der Waals surface area contributed by atoms with Crippen molar-refractivity contribution in [3.63, 3.8) is 0 Å². The number of esters is 2. The molecule has 0 heterocycles. The molecule has 0 radical (unpaired) electrons. The summed E-state index contributed by atoms with van der Waals surface area (Å²) in [7, 11) is 0. The fourth-order valence-electron chi connectivity index (χ4n) is 1.39. The average molecular weight is 294 g/mol. The SMILES string of the molecule is CC(=N)CC(=O)OCCOC(=O)c1cccc([N+](=O)[O-])c1. The number of carbonyl (C=O) groups is 2. The van der Waals surface area contributed by atoms with Crippen LogP contribution in [0.1, 0.15) is 23.7 Å². The van der Waals surface area contributed by atoms with E-state index in [1.165, 1.54) is 25.1 Å². The van der Waals surface area contributed by atoms with Crippen LogP contribution < -0.4 is 0 Å². The molecule has 0 aromatic heterocycles. The predicted molar refractivity (Wildman–Crippen MR) is 72.4 cm³/mol. The summed E-state index contributed by atoms with van der Waals surface area (Å²) in [5.74, 6) is -1.31. The highest BCUT2D eigenvalue weighted by molar-refractivity contribution is 5.95. The molecular weight excluding hydrogens is 280 g/mol. The molecule has 1 N–H and O–H groups in total. The summed E-state index contributed by atoms with van der Waals surface area (Å²) >= 11 is 0. The van der Waals surface area contributed by atoms with Crippen LogP contribution in [0.15, 0.2) is 24.3 Å². The molecule has 1 aromatic carbocycles. The molecule has 8 nitrogen and oxygen atoms in total. The van der Waals surface area contributed by atoms with Gasteiger partial charge in [0.15, 0.2) is 0 Å². The maximum absolute atomic E-state index is 11.6. The molecule has 112 valence electrons. The van der Waals surface area contributed by atoms with Gasteiger partial charge in [0.05, 0.1) is 16.9 Å². The second-order valence-corrected chi connectivity index (χ2v) is 4.12. The molecule has 0 bridgehead atoms. The highest BCUT2D eigenvalue weighted by Crippen LogP contribution is 2.13. The van der Waals surface area contributed by atoms with Crippen molar-refractivity contribution in [1.82, 2.24) is 0 Å². The summed E-state index contributed by atoms with van der Waals surface area (Å²) in [5, 5.41) is 17.7. The van der Waals surface area contributed by atoms with Crippen LogP contribution >= 0.6 is 0 Å². The second kappa shape index (κ2) is 7.73. The molecule has 0 unspecified atom stereocenters. The molecule has 0 saturated carbocycles. The maximum Gasteiger partial charge on any atom is 0.338 e. The number of benzene rings is 1. The Labute approximate surface area is 120 Å². The molecule has 1 aromatic rings. The molecule has 8 heteroatoms. The molecule has 0 aliphatic carbocycles.